The highest BCUT2D eigenvalue weighted by molar-refractivity contribution is 6.35. The highest BCUT2D eigenvalue weighted by Crippen LogP contribution is 2.24. The summed E-state index contributed by atoms with van der Waals surface area (Å²) in [4.78, 5) is 4.09. The van der Waals surface area contributed by atoms with Gasteiger partial charge in [-0.3, -0.25) is 0 Å². The van der Waals surface area contributed by atoms with Gasteiger partial charge in [-0.15, -0.1) is 0 Å². The van der Waals surface area contributed by atoms with E-state index in [0.29, 0.717) is 22.3 Å². The minimum atomic E-state index is -0.0235. The van der Waals surface area contributed by atoms with E-state index in [1.54, 1.807) is 18.6 Å². The Kier molecular flexibility index (Phi) is 5.84. The molecule has 1 atom stereocenters. The highest BCUT2D eigenvalue weighted by Gasteiger charge is 2.13. The maximum absolute atomic E-state index is 6.28. The first-order chi connectivity index (χ1) is 12.1. The van der Waals surface area contributed by atoms with Crippen LogP contribution in [0.15, 0.2) is 61.2 Å². The predicted octanol–water partition coefficient (Wildman–Crippen LogP) is 4.85. The fourth-order valence-electron chi connectivity index (χ4n) is 2.60. The largest absolute Gasteiger partial charge is 0.489 e. The van der Waals surface area contributed by atoms with Gasteiger partial charge in [-0.1, -0.05) is 29.3 Å². The summed E-state index contributed by atoms with van der Waals surface area (Å²) in [6, 6.07) is 13.0. The molecule has 0 amide bonds. The van der Waals surface area contributed by atoms with Gasteiger partial charge in [-0.2, -0.15) is 0 Å². The van der Waals surface area contributed by atoms with Crippen LogP contribution >= 0.6 is 23.2 Å². The lowest BCUT2D eigenvalue weighted by Gasteiger charge is -2.20. The number of benzene rings is 2. The summed E-state index contributed by atoms with van der Waals surface area (Å²) >= 11 is 12.2. The number of nitrogen functional groups attached to an aromatic ring is 1. The van der Waals surface area contributed by atoms with Crippen LogP contribution in [0, 0.1) is 0 Å². The summed E-state index contributed by atoms with van der Waals surface area (Å²) in [5.74, 6) is 0.793. The fourth-order valence-corrected chi connectivity index (χ4v) is 3.10. The molecule has 3 rings (SSSR count). The zero-order chi connectivity index (χ0) is 17.6. The first kappa shape index (κ1) is 17.6. The number of nitrogens with two attached hydrogens (primary N) is 1. The molecule has 3 aromatic rings. The van der Waals surface area contributed by atoms with Crippen molar-refractivity contribution < 1.29 is 4.74 Å². The Labute approximate surface area is 157 Å². The quantitative estimate of drug-likeness (QED) is 0.600. The zero-order valence-corrected chi connectivity index (χ0v) is 15.1. The number of rotatable bonds is 7. The molecule has 1 heterocycles. The normalized spacial score (nSPS) is 12.1. The smallest absolute Gasteiger partial charge is 0.119 e. The monoisotopic (exact) mass is 375 g/mol. The Balaban J connectivity index is 1.70. The highest BCUT2D eigenvalue weighted by atomic mass is 35.5. The first-order valence-corrected chi connectivity index (χ1v) is 8.77. The van der Waals surface area contributed by atoms with Crippen molar-refractivity contribution in [3.8, 4) is 5.75 Å². The number of hydrogen-bond donors (Lipinski definition) is 1. The van der Waals surface area contributed by atoms with Gasteiger partial charge >= 0.3 is 0 Å². The molecule has 0 spiro atoms. The zero-order valence-electron chi connectivity index (χ0n) is 13.6. The van der Waals surface area contributed by atoms with Crippen molar-refractivity contribution in [1.82, 2.24) is 9.55 Å². The van der Waals surface area contributed by atoms with Crippen LogP contribution in [0.1, 0.15) is 12.0 Å². The van der Waals surface area contributed by atoms with Crippen LogP contribution in [-0.4, -0.2) is 15.7 Å². The molecule has 25 heavy (non-hydrogen) atoms. The van der Waals surface area contributed by atoms with Crippen LogP contribution in [0.4, 0.5) is 5.69 Å². The second kappa shape index (κ2) is 8.28. The number of aromatic nitrogens is 2. The van der Waals surface area contributed by atoms with Crippen molar-refractivity contribution in [3.05, 3.63) is 76.8 Å². The molecule has 0 aliphatic heterocycles. The van der Waals surface area contributed by atoms with Gasteiger partial charge in [0.1, 0.15) is 11.9 Å². The average Bonchev–Trinajstić information content (AvgIpc) is 3.09. The molecule has 0 bridgehead atoms. The Hall–Kier alpha value is -2.17. The Bertz CT molecular complexity index is 804. The van der Waals surface area contributed by atoms with E-state index in [1.807, 2.05) is 47.2 Å². The number of ether oxygens (including phenoxy) is 1. The topological polar surface area (TPSA) is 53.1 Å². The van der Waals surface area contributed by atoms with Crippen LogP contribution in [0.3, 0.4) is 0 Å². The van der Waals surface area contributed by atoms with E-state index in [0.717, 1.165) is 24.2 Å². The van der Waals surface area contributed by atoms with Crippen molar-refractivity contribution in [2.75, 3.05) is 5.73 Å². The van der Waals surface area contributed by atoms with E-state index >= 15 is 0 Å². The Morgan fingerprint density at radius 3 is 2.60 bits per heavy atom. The van der Waals surface area contributed by atoms with Crippen molar-refractivity contribution in [3.63, 3.8) is 0 Å². The summed E-state index contributed by atoms with van der Waals surface area (Å²) in [5.41, 5.74) is 7.51. The van der Waals surface area contributed by atoms with Crippen LogP contribution in [0.2, 0.25) is 10.0 Å². The van der Waals surface area contributed by atoms with E-state index in [4.69, 9.17) is 33.7 Å². The minimum absolute atomic E-state index is 0.0235. The third kappa shape index (κ3) is 5.15. The number of nitrogens with zero attached hydrogens (tertiary/aromatic N) is 2. The van der Waals surface area contributed by atoms with Gasteiger partial charge in [0, 0.05) is 28.1 Å². The van der Waals surface area contributed by atoms with E-state index in [2.05, 4.69) is 4.98 Å². The van der Waals surface area contributed by atoms with Crippen LogP contribution < -0.4 is 10.5 Å². The van der Waals surface area contributed by atoms with Gasteiger partial charge < -0.3 is 15.0 Å². The van der Waals surface area contributed by atoms with Gasteiger partial charge in [0.05, 0.1) is 12.9 Å². The third-order valence-corrected chi connectivity index (χ3v) is 4.49. The lowest BCUT2D eigenvalue weighted by Crippen LogP contribution is -2.23. The molecule has 1 unspecified atom stereocenters. The molecule has 0 radical (unpaired) electrons. The number of anilines is 1. The van der Waals surface area contributed by atoms with Gasteiger partial charge in [0.15, 0.2) is 0 Å². The van der Waals surface area contributed by atoms with E-state index in [9.17, 15) is 0 Å². The van der Waals surface area contributed by atoms with Crippen LogP contribution in [0.25, 0.3) is 0 Å². The standard InChI is InChI=1S/C19H19Cl2N3O/c20-15-3-1-14(19(21)11-15)2-6-18(12-24-10-9-23-13-24)25-17-7-4-16(22)5-8-17/h1,3-5,7-11,13,18H,2,6,12,22H2. The SMILES string of the molecule is Nc1ccc(OC(CCc2ccc(Cl)cc2Cl)Cn2ccnc2)cc1. The maximum atomic E-state index is 6.28. The van der Waals surface area contributed by atoms with Crippen molar-refractivity contribution in [2.45, 2.75) is 25.5 Å². The molecular weight excluding hydrogens is 357 g/mol. The summed E-state index contributed by atoms with van der Waals surface area (Å²) < 4.78 is 8.16. The lowest BCUT2D eigenvalue weighted by molar-refractivity contribution is 0.170. The molecule has 4 nitrogen and oxygen atoms in total. The van der Waals surface area contributed by atoms with E-state index in [1.165, 1.54) is 0 Å². The molecule has 0 aliphatic rings. The number of halogens is 2. The Morgan fingerprint density at radius 2 is 1.92 bits per heavy atom. The molecule has 0 aliphatic carbocycles. The van der Waals surface area contributed by atoms with Crippen molar-refractivity contribution in [1.29, 1.82) is 0 Å². The molecule has 0 saturated carbocycles. The number of hydrogen-bond acceptors (Lipinski definition) is 3. The number of imidazole rings is 1. The average molecular weight is 376 g/mol. The van der Waals surface area contributed by atoms with Gasteiger partial charge in [-0.05, 0) is 54.8 Å². The second-order valence-corrected chi connectivity index (χ2v) is 6.69. The van der Waals surface area contributed by atoms with Gasteiger partial charge in [-0.25, -0.2) is 4.98 Å². The molecule has 6 heteroatoms. The predicted molar refractivity (Wildman–Crippen MR) is 102 cm³/mol. The maximum Gasteiger partial charge on any atom is 0.119 e. The minimum Gasteiger partial charge on any atom is -0.489 e. The van der Waals surface area contributed by atoms with E-state index in [-0.39, 0.29) is 6.10 Å². The molecule has 2 N–H and O–H groups in total. The fraction of sp³-hybridized carbons (Fsp3) is 0.211. The summed E-state index contributed by atoms with van der Waals surface area (Å²) in [6.07, 6.45) is 7.05. The summed E-state index contributed by atoms with van der Waals surface area (Å²) in [6.45, 7) is 0.704. The van der Waals surface area contributed by atoms with Gasteiger partial charge in [0.25, 0.3) is 0 Å². The first-order valence-electron chi connectivity index (χ1n) is 8.02. The summed E-state index contributed by atoms with van der Waals surface area (Å²) in [5, 5.41) is 1.32. The second-order valence-electron chi connectivity index (χ2n) is 5.84. The summed E-state index contributed by atoms with van der Waals surface area (Å²) in [7, 11) is 0. The molecule has 2 aromatic carbocycles. The lowest BCUT2D eigenvalue weighted by atomic mass is 10.1. The van der Waals surface area contributed by atoms with Crippen molar-refractivity contribution in [2.24, 2.45) is 0 Å². The van der Waals surface area contributed by atoms with Crippen LogP contribution in [-0.2, 0) is 13.0 Å². The van der Waals surface area contributed by atoms with Crippen LogP contribution in [0.5, 0.6) is 5.75 Å². The van der Waals surface area contributed by atoms with Crippen molar-refractivity contribution >= 4 is 28.9 Å². The molecule has 0 fully saturated rings. The molecular formula is C19H19Cl2N3O. The van der Waals surface area contributed by atoms with E-state index < -0.39 is 0 Å². The Morgan fingerprint density at radius 1 is 1.12 bits per heavy atom. The molecule has 1 aromatic heterocycles. The molecule has 0 saturated heterocycles. The van der Waals surface area contributed by atoms with Gasteiger partial charge in [0.2, 0.25) is 0 Å². The third-order valence-electron chi connectivity index (χ3n) is 3.91. The molecule has 130 valence electrons. The number of aryl methyl sites for hydroxylation is 1.